The van der Waals surface area contributed by atoms with Crippen LogP contribution in [0, 0.1) is 0 Å². The zero-order valence-corrected chi connectivity index (χ0v) is 15.4. The molecular weight excluding hydrogens is 343 g/mol. The van der Waals surface area contributed by atoms with Crippen LogP contribution in [-0.2, 0) is 0 Å². The lowest BCUT2D eigenvalue weighted by Crippen LogP contribution is -2.28. The number of rotatable bonds is 5. The maximum Gasteiger partial charge on any atom is 0.482 e. The highest BCUT2D eigenvalue weighted by molar-refractivity contribution is 6.66. The van der Waals surface area contributed by atoms with Gasteiger partial charge >= 0.3 is 16.6 Å². The fraction of sp³-hybridized carbons (Fsp3) is 0. The Morgan fingerprint density at radius 1 is 0.840 bits per heavy atom. The second-order valence-corrected chi connectivity index (χ2v) is 6.93. The number of aromatic nitrogens is 4. The minimum absolute atomic E-state index is 0.507. The largest absolute Gasteiger partial charge is 0.650 e. The van der Waals surface area contributed by atoms with Crippen LogP contribution >= 0.6 is 0 Å². The van der Waals surface area contributed by atoms with Gasteiger partial charge in [0.15, 0.2) is 0 Å². The molecule has 2 aromatic heterocycles. The van der Waals surface area contributed by atoms with Gasteiger partial charge in [-0.25, -0.2) is 9.36 Å². The van der Waals surface area contributed by atoms with Crippen LogP contribution in [0.15, 0.2) is 79.1 Å². The number of benzene rings is 2. The van der Waals surface area contributed by atoms with E-state index in [-0.39, 0.29) is 0 Å². The van der Waals surface area contributed by atoms with E-state index in [4.69, 9.17) is 3.79 Å². The Labute approximate surface area is 156 Å². The third kappa shape index (κ3) is 3.44. The molecule has 0 saturated heterocycles. The van der Waals surface area contributed by atoms with Crippen LogP contribution in [0.5, 0.6) is 5.75 Å². The van der Waals surface area contributed by atoms with E-state index in [1.54, 1.807) is 9.36 Å². The maximum absolute atomic E-state index is 5.40. The van der Waals surface area contributed by atoms with Crippen molar-refractivity contribution in [3.63, 3.8) is 0 Å². The zero-order chi connectivity index (χ0) is 17.1. The molecule has 4 aromatic rings. The van der Waals surface area contributed by atoms with E-state index in [9.17, 15) is 0 Å². The summed E-state index contributed by atoms with van der Waals surface area (Å²) < 4.78 is 8.95. The van der Waals surface area contributed by atoms with Gasteiger partial charge in [-0.3, -0.25) is 0 Å². The number of para-hydroxylation sites is 1. The van der Waals surface area contributed by atoms with Gasteiger partial charge in [-0.15, -0.1) is 5.10 Å². The summed E-state index contributed by atoms with van der Waals surface area (Å²) in [5, 5.41) is 11.5. The molecule has 0 atom stereocenters. The minimum Gasteiger partial charge on any atom is -0.650 e. The molecule has 118 valence electrons. The van der Waals surface area contributed by atoms with Gasteiger partial charge in [0.25, 0.3) is 0 Å². The van der Waals surface area contributed by atoms with Crippen LogP contribution < -0.4 is 14.3 Å². The predicted molar refractivity (Wildman–Crippen MR) is 98.5 cm³/mol. The minimum atomic E-state index is 0.507. The summed E-state index contributed by atoms with van der Waals surface area (Å²) in [6, 6.07) is 22.3. The highest BCUT2D eigenvalue weighted by Gasteiger charge is 2.13. The first-order valence-corrected chi connectivity index (χ1v) is 9.20. The lowest BCUT2D eigenvalue weighted by atomic mass is 10.3. The van der Waals surface area contributed by atoms with E-state index in [0.29, 0.717) is 21.1 Å². The quantitative estimate of drug-likeness (QED) is 0.505. The summed E-state index contributed by atoms with van der Waals surface area (Å²) in [4.78, 5) is 0. The summed E-state index contributed by atoms with van der Waals surface area (Å²) in [5.74, 6) is 1.30. The molecule has 0 aliphatic rings. The maximum atomic E-state index is 5.40. The van der Waals surface area contributed by atoms with Gasteiger partial charge in [0.2, 0.25) is 5.82 Å². The SMILES string of the molecule is [Al][O]c1cn(-c2ccccc2)nc1-n1ccc([Si]c2ccccc2)n1. The second-order valence-electron chi connectivity index (χ2n) is 5.35. The highest BCUT2D eigenvalue weighted by atomic mass is 28.2. The monoisotopic (exact) mass is 356 g/mol. The van der Waals surface area contributed by atoms with E-state index < -0.39 is 0 Å². The molecule has 0 N–H and O–H groups in total. The van der Waals surface area contributed by atoms with Gasteiger partial charge < -0.3 is 3.79 Å². The highest BCUT2D eigenvalue weighted by Crippen LogP contribution is 2.21. The van der Waals surface area contributed by atoms with Crippen LogP contribution in [-0.4, -0.2) is 45.7 Å². The van der Waals surface area contributed by atoms with Crippen LogP contribution in [0.2, 0.25) is 0 Å². The smallest absolute Gasteiger partial charge is 0.482 e. The van der Waals surface area contributed by atoms with Crippen molar-refractivity contribution in [2.45, 2.75) is 0 Å². The van der Waals surface area contributed by atoms with Crippen molar-refractivity contribution < 1.29 is 3.79 Å². The number of hydrogen-bond donors (Lipinski definition) is 0. The molecule has 4 radical (unpaired) electrons. The Morgan fingerprint density at radius 2 is 1.56 bits per heavy atom. The van der Waals surface area contributed by atoms with Gasteiger partial charge in [0.1, 0.15) is 15.3 Å². The van der Waals surface area contributed by atoms with E-state index in [1.807, 2.05) is 67.0 Å². The summed E-state index contributed by atoms with van der Waals surface area (Å²) in [6.45, 7) is 0. The first-order chi connectivity index (χ1) is 12.3. The molecule has 2 aromatic carbocycles. The first kappa shape index (κ1) is 15.9. The van der Waals surface area contributed by atoms with Gasteiger partial charge in [-0.2, -0.15) is 5.10 Å². The van der Waals surface area contributed by atoms with Gasteiger partial charge in [0.05, 0.1) is 11.9 Å². The first-order valence-electron chi connectivity index (χ1n) is 7.73. The van der Waals surface area contributed by atoms with E-state index in [0.717, 1.165) is 11.0 Å². The fourth-order valence-electron chi connectivity index (χ4n) is 2.48. The third-order valence-electron chi connectivity index (χ3n) is 3.66. The molecule has 4 rings (SSSR count). The lowest BCUT2D eigenvalue weighted by molar-refractivity contribution is 0.606. The predicted octanol–water partition coefficient (Wildman–Crippen LogP) is 1.18. The van der Waals surface area contributed by atoms with Crippen molar-refractivity contribution in [1.82, 2.24) is 19.6 Å². The Morgan fingerprint density at radius 3 is 2.28 bits per heavy atom. The lowest BCUT2D eigenvalue weighted by Gasteiger charge is -2.02. The summed E-state index contributed by atoms with van der Waals surface area (Å²) in [7, 11) is 0.507. The standard InChI is InChI=1S/C18H14N4OSi.Al/c23-16-13-22(14-7-3-1-4-8-14)20-18(16)21-12-11-17(19-21)24-15-9-5-2-6-10-15;/h1-13,23H;/q;+1/p-1. The fourth-order valence-corrected chi connectivity index (χ4v) is 3.62. The summed E-state index contributed by atoms with van der Waals surface area (Å²) in [5.41, 5.74) is 0.968. The molecule has 0 fully saturated rings. The van der Waals surface area contributed by atoms with E-state index in [1.165, 1.54) is 5.19 Å². The topological polar surface area (TPSA) is 44.9 Å². The molecule has 2 heterocycles. The van der Waals surface area contributed by atoms with Crippen molar-refractivity contribution in [1.29, 1.82) is 0 Å². The molecule has 0 aliphatic carbocycles. The van der Waals surface area contributed by atoms with Crippen LogP contribution in [0.1, 0.15) is 0 Å². The Kier molecular flexibility index (Phi) is 4.53. The van der Waals surface area contributed by atoms with E-state index >= 15 is 0 Å². The molecule has 0 unspecified atom stereocenters. The molecule has 0 amide bonds. The summed E-state index contributed by atoms with van der Waals surface area (Å²) in [6.07, 6.45) is 3.76. The van der Waals surface area contributed by atoms with Crippen molar-refractivity contribution in [3.8, 4) is 17.3 Å². The van der Waals surface area contributed by atoms with Crippen molar-refractivity contribution in [2.24, 2.45) is 0 Å². The molecule has 0 spiro atoms. The van der Waals surface area contributed by atoms with Gasteiger partial charge in [0, 0.05) is 11.5 Å². The number of nitrogens with zero attached hydrogens (tertiary/aromatic N) is 4. The Hall–Kier alpha value is -2.59. The van der Waals surface area contributed by atoms with Crippen LogP contribution in [0.4, 0.5) is 0 Å². The molecule has 0 bridgehead atoms. The Bertz CT molecular complexity index is 969. The third-order valence-corrected chi connectivity index (χ3v) is 5.06. The molecule has 0 saturated carbocycles. The molecule has 5 nitrogen and oxygen atoms in total. The molecule has 0 aliphatic heterocycles. The van der Waals surface area contributed by atoms with Gasteiger partial charge in [-0.1, -0.05) is 53.7 Å². The van der Waals surface area contributed by atoms with Gasteiger partial charge in [-0.05, 0) is 18.2 Å². The van der Waals surface area contributed by atoms with Crippen molar-refractivity contribution in [3.05, 3.63) is 79.1 Å². The summed E-state index contributed by atoms with van der Waals surface area (Å²) >= 11 is 2.27. The average molecular weight is 356 g/mol. The average Bonchev–Trinajstić information content (AvgIpc) is 3.30. The molecule has 25 heavy (non-hydrogen) atoms. The second kappa shape index (κ2) is 7.11. The normalized spacial score (nSPS) is 10.7. The van der Waals surface area contributed by atoms with E-state index in [2.05, 4.69) is 39.0 Å². The van der Waals surface area contributed by atoms with Crippen LogP contribution in [0.3, 0.4) is 0 Å². The Balaban J connectivity index is 1.65. The number of hydrogen-bond acceptors (Lipinski definition) is 3. The zero-order valence-electron chi connectivity index (χ0n) is 13.3. The van der Waals surface area contributed by atoms with Crippen molar-refractivity contribution in [2.75, 3.05) is 0 Å². The molecule has 7 heteroatoms. The molecular formula is C18H13AlN4OSi. The van der Waals surface area contributed by atoms with Crippen molar-refractivity contribution >= 4 is 36.6 Å². The van der Waals surface area contributed by atoms with Crippen LogP contribution in [0.25, 0.3) is 11.5 Å².